The topological polar surface area (TPSA) is 95.1 Å². The summed E-state index contributed by atoms with van der Waals surface area (Å²) >= 11 is -0.750. The maximum absolute atomic E-state index is 12.0. The van der Waals surface area contributed by atoms with E-state index in [4.69, 9.17) is 19.3 Å². The first-order valence-electron chi connectivity index (χ1n) is 9.85. The Labute approximate surface area is 192 Å². The smallest absolute Gasteiger partial charge is 0.330 e. The number of halogens is 1. The molecule has 0 spiro atoms. The van der Waals surface area contributed by atoms with E-state index in [9.17, 15) is 4.79 Å². The van der Waals surface area contributed by atoms with Crippen LogP contribution in [-0.2, 0) is 22.8 Å². The Morgan fingerprint density at radius 1 is 0.968 bits per heavy atom. The number of benzene rings is 2. The van der Waals surface area contributed by atoms with Gasteiger partial charge in [0.1, 0.15) is 5.78 Å². The van der Waals surface area contributed by atoms with Crippen LogP contribution in [0.5, 0.6) is 0 Å². The van der Waals surface area contributed by atoms with E-state index in [0.717, 1.165) is 29.1 Å². The molecule has 0 aliphatic carbocycles. The molecule has 2 aromatic carbocycles. The van der Waals surface area contributed by atoms with Crippen molar-refractivity contribution in [1.82, 2.24) is 9.78 Å². The van der Waals surface area contributed by atoms with E-state index >= 15 is 0 Å². The number of hydrogen-bond acceptors (Lipinski definition) is 5. The van der Waals surface area contributed by atoms with Crippen LogP contribution in [0.1, 0.15) is 36.1 Å². The van der Waals surface area contributed by atoms with E-state index in [1.165, 1.54) is 11.1 Å². The van der Waals surface area contributed by atoms with Crippen molar-refractivity contribution < 1.29 is 13.2 Å². The number of carbonyl (C=O) groups excluding carboxylic acids is 1. The molecule has 8 heteroatoms. The number of aryl methyl sites for hydroxylation is 3. The molecular formula is C23H28ClN3O3S. The SMILES string of the molecule is Cc1ccc(-c2cc(CCC(=O)CCCN)nn2-c2ccc(C)cc2)cc1.Cl.O=S=O. The summed E-state index contributed by atoms with van der Waals surface area (Å²) in [6, 6.07) is 18.9. The Balaban J connectivity index is 0.00000113. The van der Waals surface area contributed by atoms with Crippen molar-refractivity contribution in [3.8, 4) is 16.9 Å². The van der Waals surface area contributed by atoms with Crippen LogP contribution in [0, 0.1) is 13.8 Å². The van der Waals surface area contributed by atoms with Crippen LogP contribution in [-0.4, -0.2) is 30.5 Å². The van der Waals surface area contributed by atoms with Crippen molar-refractivity contribution in [3.63, 3.8) is 0 Å². The molecule has 0 saturated carbocycles. The number of carbonyl (C=O) groups is 1. The van der Waals surface area contributed by atoms with Gasteiger partial charge in [-0.2, -0.15) is 13.5 Å². The van der Waals surface area contributed by atoms with Gasteiger partial charge in [0.2, 0.25) is 0 Å². The molecule has 1 heterocycles. The fourth-order valence-corrected chi connectivity index (χ4v) is 3.06. The van der Waals surface area contributed by atoms with Gasteiger partial charge in [0.25, 0.3) is 0 Å². The molecule has 0 aliphatic rings. The Morgan fingerprint density at radius 2 is 1.52 bits per heavy atom. The highest BCUT2D eigenvalue weighted by atomic mass is 35.5. The Bertz CT molecular complexity index is 933. The van der Waals surface area contributed by atoms with Gasteiger partial charge in [-0.25, -0.2) is 4.68 Å². The van der Waals surface area contributed by atoms with Gasteiger partial charge in [-0.3, -0.25) is 4.79 Å². The monoisotopic (exact) mass is 461 g/mol. The zero-order valence-electron chi connectivity index (χ0n) is 17.7. The standard InChI is InChI=1S/C23H27N3O.ClH.O2S/c1-17-5-9-19(10-6-17)23-16-20(11-14-22(27)4-3-15-24)25-26(23)21-12-7-18(2)8-13-21;;1-3-2/h5-10,12-13,16H,3-4,11,14-15,24H2,1-2H3;1H;. The summed E-state index contributed by atoms with van der Waals surface area (Å²) in [6.07, 6.45) is 2.48. The number of rotatable bonds is 8. The van der Waals surface area contributed by atoms with Gasteiger partial charge in [-0.1, -0.05) is 47.5 Å². The third-order valence-electron chi connectivity index (χ3n) is 4.71. The van der Waals surface area contributed by atoms with Crippen LogP contribution in [0.25, 0.3) is 16.9 Å². The summed E-state index contributed by atoms with van der Waals surface area (Å²) in [5.41, 5.74) is 12.1. The quantitative estimate of drug-likeness (QED) is 0.543. The van der Waals surface area contributed by atoms with Crippen LogP contribution >= 0.6 is 12.4 Å². The molecule has 0 fully saturated rings. The van der Waals surface area contributed by atoms with E-state index < -0.39 is 11.6 Å². The van der Waals surface area contributed by atoms with Crippen LogP contribution in [0.3, 0.4) is 0 Å². The predicted molar refractivity (Wildman–Crippen MR) is 126 cm³/mol. The summed E-state index contributed by atoms with van der Waals surface area (Å²) in [4.78, 5) is 12.0. The summed E-state index contributed by atoms with van der Waals surface area (Å²) in [6.45, 7) is 4.72. The number of Topliss-reactive ketones (excluding diaryl/α,β-unsaturated/α-hetero) is 1. The van der Waals surface area contributed by atoms with Crippen molar-refractivity contribution in [2.45, 2.75) is 39.5 Å². The highest BCUT2D eigenvalue weighted by Gasteiger charge is 2.13. The lowest BCUT2D eigenvalue weighted by Crippen LogP contribution is -2.06. The van der Waals surface area contributed by atoms with Gasteiger partial charge < -0.3 is 5.73 Å². The Hall–Kier alpha value is -2.61. The molecule has 3 rings (SSSR count). The third-order valence-corrected chi connectivity index (χ3v) is 4.71. The minimum Gasteiger partial charge on any atom is -0.330 e. The molecule has 0 bridgehead atoms. The van der Waals surface area contributed by atoms with Gasteiger partial charge in [0, 0.05) is 18.4 Å². The van der Waals surface area contributed by atoms with Crippen LogP contribution in [0.4, 0.5) is 0 Å². The molecule has 31 heavy (non-hydrogen) atoms. The first-order valence-corrected chi connectivity index (χ1v) is 10.5. The average Bonchev–Trinajstić information content (AvgIpc) is 3.16. The predicted octanol–water partition coefficient (Wildman–Crippen LogP) is 4.15. The third kappa shape index (κ3) is 8.20. The molecular weight excluding hydrogens is 434 g/mol. The fourth-order valence-electron chi connectivity index (χ4n) is 3.06. The van der Waals surface area contributed by atoms with Crippen molar-refractivity contribution in [2.24, 2.45) is 5.73 Å². The molecule has 0 amide bonds. The zero-order valence-corrected chi connectivity index (χ0v) is 19.4. The number of nitrogens with two attached hydrogens (primary N) is 1. The summed E-state index contributed by atoms with van der Waals surface area (Å²) < 4.78 is 18.6. The van der Waals surface area contributed by atoms with Crippen molar-refractivity contribution in [1.29, 1.82) is 0 Å². The van der Waals surface area contributed by atoms with Gasteiger partial charge >= 0.3 is 11.6 Å². The summed E-state index contributed by atoms with van der Waals surface area (Å²) in [7, 11) is 0. The van der Waals surface area contributed by atoms with E-state index in [-0.39, 0.29) is 18.2 Å². The van der Waals surface area contributed by atoms with Gasteiger partial charge in [0.05, 0.1) is 17.1 Å². The second-order valence-electron chi connectivity index (χ2n) is 7.13. The molecule has 2 N–H and O–H groups in total. The maximum atomic E-state index is 12.0. The average molecular weight is 462 g/mol. The second kappa shape index (κ2) is 13.6. The van der Waals surface area contributed by atoms with Gasteiger partial charge in [-0.15, -0.1) is 12.4 Å². The lowest BCUT2D eigenvalue weighted by molar-refractivity contribution is -0.119. The molecule has 166 valence electrons. The highest BCUT2D eigenvalue weighted by Crippen LogP contribution is 2.25. The fraction of sp³-hybridized carbons (Fsp3) is 0.304. The van der Waals surface area contributed by atoms with Crippen molar-refractivity contribution in [2.75, 3.05) is 6.54 Å². The highest BCUT2D eigenvalue weighted by molar-refractivity contribution is 7.51. The maximum Gasteiger partial charge on any atom is 0.335 e. The number of nitrogens with zero attached hydrogens (tertiary/aromatic N) is 2. The minimum absolute atomic E-state index is 0. The molecule has 3 aromatic rings. The molecule has 0 aliphatic heterocycles. The zero-order chi connectivity index (χ0) is 21.9. The lowest BCUT2D eigenvalue weighted by Gasteiger charge is -2.08. The first-order chi connectivity index (χ1) is 14.5. The van der Waals surface area contributed by atoms with Gasteiger partial charge in [0.15, 0.2) is 0 Å². The van der Waals surface area contributed by atoms with Crippen molar-refractivity contribution in [3.05, 3.63) is 71.4 Å². The van der Waals surface area contributed by atoms with Gasteiger partial charge in [-0.05, 0) is 51.4 Å². The lowest BCUT2D eigenvalue weighted by atomic mass is 10.1. The number of aromatic nitrogens is 2. The van der Waals surface area contributed by atoms with E-state index in [1.54, 1.807) is 0 Å². The van der Waals surface area contributed by atoms with E-state index in [1.807, 2.05) is 4.68 Å². The van der Waals surface area contributed by atoms with E-state index in [2.05, 4.69) is 68.4 Å². The molecule has 1 aromatic heterocycles. The van der Waals surface area contributed by atoms with Crippen LogP contribution in [0.15, 0.2) is 54.6 Å². The molecule has 0 atom stereocenters. The molecule has 0 saturated heterocycles. The minimum atomic E-state index is -0.750. The first kappa shape index (κ1) is 26.4. The molecule has 0 unspecified atom stereocenters. The Morgan fingerprint density at radius 3 is 2.06 bits per heavy atom. The largest absolute Gasteiger partial charge is 0.335 e. The molecule has 0 radical (unpaired) electrons. The molecule has 6 nitrogen and oxygen atoms in total. The van der Waals surface area contributed by atoms with Crippen LogP contribution < -0.4 is 5.73 Å². The van der Waals surface area contributed by atoms with Crippen LogP contribution in [0.2, 0.25) is 0 Å². The Kier molecular flexibility index (Phi) is 11.6. The van der Waals surface area contributed by atoms with E-state index in [0.29, 0.717) is 25.8 Å². The summed E-state index contributed by atoms with van der Waals surface area (Å²) in [5, 5.41) is 4.80. The van der Waals surface area contributed by atoms with Crippen molar-refractivity contribution >= 4 is 29.8 Å². The number of hydrogen-bond donors (Lipinski definition) is 1. The summed E-state index contributed by atoms with van der Waals surface area (Å²) in [5.74, 6) is 0.252. The normalized spacial score (nSPS) is 9.90. The second-order valence-corrected chi connectivity index (χ2v) is 7.27. The number of ketones is 1.